The Morgan fingerprint density at radius 1 is 1.27 bits per heavy atom. The lowest BCUT2D eigenvalue weighted by molar-refractivity contribution is -0.133. The number of carboxylic acids is 1. The molecule has 0 bridgehead atoms. The average Bonchev–Trinajstić information content (AvgIpc) is 2.18. The summed E-state index contributed by atoms with van der Waals surface area (Å²) in [6.07, 6.45) is 0. The summed E-state index contributed by atoms with van der Waals surface area (Å²) in [6, 6.07) is 9.12. The van der Waals surface area contributed by atoms with E-state index in [1.165, 1.54) is 0 Å². The summed E-state index contributed by atoms with van der Waals surface area (Å²) in [5, 5.41) is 9.35. The van der Waals surface area contributed by atoms with Gasteiger partial charge in [-0.25, -0.2) is 4.79 Å². The number of carbonyl (C=O) groups is 1. The second-order valence-corrected chi connectivity index (χ2v) is 3.93. The number of hydrogen-bond donors (Lipinski definition) is 1. The van der Waals surface area contributed by atoms with E-state index in [1.807, 2.05) is 32.0 Å². The number of hydrogen-bond acceptors (Lipinski definition) is 1. The summed E-state index contributed by atoms with van der Waals surface area (Å²) in [5.41, 5.74) is 0.994. The van der Waals surface area contributed by atoms with Gasteiger partial charge in [0.15, 0.2) is 0 Å². The van der Waals surface area contributed by atoms with Crippen LogP contribution in [0.3, 0.4) is 0 Å². The largest absolute Gasteiger partial charge is 0.478 e. The van der Waals surface area contributed by atoms with Gasteiger partial charge in [-0.15, -0.1) is 0 Å². The second-order valence-electron chi connectivity index (χ2n) is 3.55. The third-order valence-corrected chi connectivity index (χ3v) is 2.49. The molecule has 15 heavy (non-hydrogen) atoms. The zero-order valence-corrected chi connectivity index (χ0v) is 9.45. The Morgan fingerprint density at radius 2 is 1.80 bits per heavy atom. The summed E-state index contributed by atoms with van der Waals surface area (Å²) in [7, 11) is 0. The molecule has 0 aliphatic heterocycles. The Morgan fingerprint density at radius 3 is 2.20 bits per heavy atom. The number of aliphatic carboxylic acids is 1. The van der Waals surface area contributed by atoms with Gasteiger partial charge < -0.3 is 5.11 Å². The topological polar surface area (TPSA) is 37.3 Å². The molecule has 1 rings (SSSR count). The SMILES string of the molecule is CC(C)/C(C(=O)O)=C(/Cl)c1ccccc1. The maximum atomic E-state index is 11.0. The molecule has 0 atom stereocenters. The molecule has 0 saturated heterocycles. The molecule has 0 aliphatic rings. The first kappa shape index (κ1) is 11.8. The fourth-order valence-corrected chi connectivity index (χ4v) is 1.76. The van der Waals surface area contributed by atoms with Crippen molar-refractivity contribution in [2.24, 2.45) is 5.92 Å². The first-order valence-electron chi connectivity index (χ1n) is 4.72. The highest BCUT2D eigenvalue weighted by atomic mass is 35.5. The lowest BCUT2D eigenvalue weighted by atomic mass is 10.0. The quantitative estimate of drug-likeness (QED) is 0.800. The van der Waals surface area contributed by atoms with Crippen molar-refractivity contribution in [3.05, 3.63) is 41.5 Å². The number of rotatable bonds is 3. The second kappa shape index (κ2) is 4.99. The van der Waals surface area contributed by atoms with Gasteiger partial charge in [-0.3, -0.25) is 0 Å². The van der Waals surface area contributed by atoms with Gasteiger partial charge in [-0.2, -0.15) is 0 Å². The highest BCUT2D eigenvalue weighted by Crippen LogP contribution is 2.27. The van der Waals surface area contributed by atoms with Gasteiger partial charge in [-0.1, -0.05) is 55.8 Å². The van der Waals surface area contributed by atoms with E-state index in [0.29, 0.717) is 5.03 Å². The monoisotopic (exact) mass is 224 g/mol. The number of carboxylic acid groups (broad SMARTS) is 1. The van der Waals surface area contributed by atoms with Gasteiger partial charge >= 0.3 is 5.97 Å². The highest BCUT2D eigenvalue weighted by Gasteiger charge is 2.17. The van der Waals surface area contributed by atoms with Crippen LogP contribution in [-0.2, 0) is 4.79 Å². The van der Waals surface area contributed by atoms with E-state index in [2.05, 4.69) is 0 Å². The lowest BCUT2D eigenvalue weighted by Gasteiger charge is -2.09. The molecule has 0 spiro atoms. The number of halogens is 1. The zero-order valence-electron chi connectivity index (χ0n) is 8.70. The van der Waals surface area contributed by atoms with Crippen molar-refractivity contribution in [2.75, 3.05) is 0 Å². The Kier molecular flexibility index (Phi) is 3.92. The number of benzene rings is 1. The molecule has 2 nitrogen and oxygen atoms in total. The molecule has 0 aliphatic carbocycles. The van der Waals surface area contributed by atoms with Crippen LogP contribution in [0.4, 0.5) is 0 Å². The smallest absolute Gasteiger partial charge is 0.333 e. The Labute approximate surface area is 94.2 Å². The van der Waals surface area contributed by atoms with E-state index in [9.17, 15) is 4.79 Å². The first-order valence-corrected chi connectivity index (χ1v) is 5.10. The third kappa shape index (κ3) is 2.83. The molecule has 1 N–H and O–H groups in total. The molecular formula is C12H13ClO2. The molecular weight excluding hydrogens is 212 g/mol. The molecule has 0 unspecified atom stereocenters. The molecule has 0 heterocycles. The Balaban J connectivity index is 3.23. The minimum absolute atomic E-state index is 0.102. The van der Waals surface area contributed by atoms with Crippen LogP contribution < -0.4 is 0 Å². The molecule has 0 amide bonds. The van der Waals surface area contributed by atoms with Crippen molar-refractivity contribution in [1.82, 2.24) is 0 Å². The average molecular weight is 225 g/mol. The van der Waals surface area contributed by atoms with Crippen LogP contribution in [0.25, 0.3) is 5.03 Å². The van der Waals surface area contributed by atoms with Crippen LogP contribution in [0, 0.1) is 5.92 Å². The fourth-order valence-electron chi connectivity index (χ4n) is 1.33. The minimum Gasteiger partial charge on any atom is -0.478 e. The third-order valence-electron chi connectivity index (χ3n) is 2.07. The molecule has 0 fully saturated rings. The summed E-state index contributed by atoms with van der Waals surface area (Å²) >= 11 is 6.06. The molecule has 0 saturated carbocycles. The summed E-state index contributed by atoms with van der Waals surface area (Å²) in [5.74, 6) is -1.06. The molecule has 1 aromatic rings. The van der Waals surface area contributed by atoms with Gasteiger partial charge in [0.1, 0.15) is 0 Å². The summed E-state index contributed by atoms with van der Waals surface area (Å²) < 4.78 is 0. The normalized spacial score (nSPS) is 12.5. The summed E-state index contributed by atoms with van der Waals surface area (Å²) in [4.78, 5) is 11.0. The van der Waals surface area contributed by atoms with Crippen LogP contribution in [-0.4, -0.2) is 11.1 Å². The molecule has 0 radical (unpaired) electrons. The van der Waals surface area contributed by atoms with E-state index in [-0.39, 0.29) is 11.5 Å². The zero-order chi connectivity index (χ0) is 11.4. The fraction of sp³-hybridized carbons (Fsp3) is 0.250. The standard InChI is InChI=1S/C12H13ClO2/c1-8(2)10(12(14)15)11(13)9-6-4-3-5-7-9/h3-8H,1-2H3,(H,14,15)/b11-10-. The molecule has 80 valence electrons. The first-order chi connectivity index (χ1) is 7.04. The van der Waals surface area contributed by atoms with Gasteiger partial charge in [-0.05, 0) is 11.5 Å². The van der Waals surface area contributed by atoms with Crippen LogP contribution in [0.5, 0.6) is 0 Å². The Bertz CT molecular complexity index is 380. The van der Waals surface area contributed by atoms with E-state index < -0.39 is 5.97 Å². The maximum absolute atomic E-state index is 11.0. The van der Waals surface area contributed by atoms with Crippen molar-refractivity contribution in [3.8, 4) is 0 Å². The molecule has 3 heteroatoms. The van der Waals surface area contributed by atoms with Crippen molar-refractivity contribution in [1.29, 1.82) is 0 Å². The maximum Gasteiger partial charge on any atom is 0.333 e. The van der Waals surface area contributed by atoms with Crippen molar-refractivity contribution < 1.29 is 9.90 Å². The van der Waals surface area contributed by atoms with Gasteiger partial charge in [0.2, 0.25) is 0 Å². The lowest BCUT2D eigenvalue weighted by Crippen LogP contribution is -2.08. The van der Waals surface area contributed by atoms with Gasteiger partial charge in [0, 0.05) is 0 Å². The molecule has 0 aromatic heterocycles. The predicted molar refractivity (Wildman–Crippen MR) is 61.7 cm³/mol. The van der Waals surface area contributed by atoms with E-state index in [0.717, 1.165) is 5.56 Å². The van der Waals surface area contributed by atoms with Crippen molar-refractivity contribution in [3.63, 3.8) is 0 Å². The summed E-state index contributed by atoms with van der Waals surface area (Å²) in [6.45, 7) is 3.63. The molecule has 1 aromatic carbocycles. The van der Waals surface area contributed by atoms with Crippen LogP contribution >= 0.6 is 11.6 Å². The minimum atomic E-state index is -0.959. The Hall–Kier alpha value is -1.28. The highest BCUT2D eigenvalue weighted by molar-refractivity contribution is 6.50. The van der Waals surface area contributed by atoms with Crippen LogP contribution in [0.15, 0.2) is 35.9 Å². The van der Waals surface area contributed by atoms with E-state index in [4.69, 9.17) is 16.7 Å². The van der Waals surface area contributed by atoms with Crippen molar-refractivity contribution >= 4 is 22.6 Å². The van der Waals surface area contributed by atoms with E-state index in [1.54, 1.807) is 12.1 Å². The van der Waals surface area contributed by atoms with Gasteiger partial charge in [0.25, 0.3) is 0 Å². The van der Waals surface area contributed by atoms with Crippen LogP contribution in [0.2, 0.25) is 0 Å². The van der Waals surface area contributed by atoms with Crippen molar-refractivity contribution in [2.45, 2.75) is 13.8 Å². The van der Waals surface area contributed by atoms with Crippen LogP contribution in [0.1, 0.15) is 19.4 Å². The van der Waals surface area contributed by atoms with E-state index >= 15 is 0 Å². The van der Waals surface area contributed by atoms with Gasteiger partial charge in [0.05, 0.1) is 10.6 Å². The predicted octanol–water partition coefficient (Wildman–Crippen LogP) is 3.38.